The van der Waals surface area contributed by atoms with Crippen LogP contribution in [0.1, 0.15) is 35.5 Å². The van der Waals surface area contributed by atoms with Gasteiger partial charge in [-0.25, -0.2) is 14.1 Å². The van der Waals surface area contributed by atoms with Crippen LogP contribution < -0.4 is 10.9 Å². The van der Waals surface area contributed by atoms with Gasteiger partial charge in [0.25, 0.3) is 11.5 Å². The Labute approximate surface area is 260 Å². The van der Waals surface area contributed by atoms with Gasteiger partial charge in [-0.2, -0.15) is 5.10 Å². The van der Waals surface area contributed by atoms with Gasteiger partial charge in [0.1, 0.15) is 11.5 Å². The zero-order valence-corrected chi connectivity index (χ0v) is 26.4. The Morgan fingerprint density at radius 1 is 1.18 bits per heavy atom. The number of fused-ring (bicyclic) bond motifs is 1. The number of hydrogen-bond donors (Lipinski definition) is 2. The number of thiophene rings is 1. The smallest absolute Gasteiger partial charge is 0.292 e. The maximum absolute atomic E-state index is 15.2. The Balaban J connectivity index is 1.56. The molecule has 1 aliphatic heterocycles. The second-order valence-corrected chi connectivity index (χ2v) is 12.3. The second-order valence-electron chi connectivity index (χ2n) is 11.2. The number of amides is 1. The third kappa shape index (κ3) is 6.50. The molecule has 4 aromatic rings. The van der Waals surface area contributed by atoms with E-state index in [2.05, 4.69) is 54.2 Å². The number of anilines is 1. The molecule has 0 bridgehead atoms. The van der Waals surface area contributed by atoms with Crippen LogP contribution in [-0.2, 0) is 13.7 Å². The molecule has 0 radical (unpaired) electrons. The fourth-order valence-corrected chi connectivity index (χ4v) is 6.09. The highest BCUT2D eigenvalue weighted by atomic mass is 32.1. The topological polar surface area (TPSA) is 103 Å². The van der Waals surface area contributed by atoms with Gasteiger partial charge in [0.2, 0.25) is 0 Å². The van der Waals surface area contributed by atoms with Crippen molar-refractivity contribution in [1.82, 2.24) is 19.6 Å². The number of aliphatic hydroxyl groups is 1. The van der Waals surface area contributed by atoms with Crippen LogP contribution in [0.15, 0.2) is 70.1 Å². The number of aryl methyl sites for hydroxylation is 1. The van der Waals surface area contributed by atoms with E-state index < -0.39 is 18.3 Å². The molecule has 1 amide bonds. The molecule has 1 unspecified atom stereocenters. The number of allylic oxidation sites excluding steroid dienone is 1. The molecule has 1 saturated heterocycles. The minimum Gasteiger partial charge on any atom is -0.392 e. The molecular weight excluding hydrogens is 579 g/mol. The molecule has 2 aromatic heterocycles. The van der Waals surface area contributed by atoms with Crippen LogP contribution in [0.25, 0.3) is 21.3 Å². The van der Waals surface area contributed by atoms with Crippen LogP contribution in [0.3, 0.4) is 0 Å². The highest BCUT2D eigenvalue weighted by Crippen LogP contribution is 2.33. The summed E-state index contributed by atoms with van der Waals surface area (Å²) in [4.78, 5) is 36.1. The van der Waals surface area contributed by atoms with E-state index in [1.807, 2.05) is 24.3 Å². The molecule has 5 rings (SSSR count). The summed E-state index contributed by atoms with van der Waals surface area (Å²) in [5.74, 6) is -1.10. The molecule has 2 aromatic carbocycles. The number of halogens is 1. The van der Waals surface area contributed by atoms with Gasteiger partial charge in [-0.15, -0.1) is 11.3 Å². The van der Waals surface area contributed by atoms with Gasteiger partial charge in [-0.05, 0) is 61.2 Å². The average Bonchev–Trinajstić information content (AvgIpc) is 3.46. The molecular formula is C33H37FN6O3S. The number of aliphatic imine (C=N–C) groups is 1. The molecule has 1 fully saturated rings. The van der Waals surface area contributed by atoms with Crippen molar-refractivity contribution in [3.05, 3.63) is 86.9 Å². The first kappa shape index (κ1) is 31.2. The predicted molar refractivity (Wildman–Crippen MR) is 175 cm³/mol. The number of nitrogens with one attached hydrogen (secondary N) is 1. The monoisotopic (exact) mass is 616 g/mol. The van der Waals surface area contributed by atoms with Gasteiger partial charge in [0.15, 0.2) is 0 Å². The third-order valence-electron chi connectivity index (χ3n) is 8.05. The first-order valence-electron chi connectivity index (χ1n) is 14.6. The van der Waals surface area contributed by atoms with E-state index in [-0.39, 0.29) is 28.4 Å². The molecule has 1 aliphatic rings. The SMILES string of the molecule is CCC(C)C(/C=C1\CN(C)CCN1C)=Nc1cc(-c2ccc(F)c(NC(=O)c3cc4ccccc4s3)c2CO)nn(C)c1=O. The molecule has 0 saturated carbocycles. The van der Waals surface area contributed by atoms with Crippen LogP contribution in [-0.4, -0.2) is 70.0 Å². The third-order valence-corrected chi connectivity index (χ3v) is 9.16. The van der Waals surface area contributed by atoms with Crippen LogP contribution in [0.5, 0.6) is 0 Å². The number of aliphatic hydroxyl groups excluding tert-OH is 1. The number of carbonyl (C=O) groups excluding carboxylic acids is 1. The van der Waals surface area contributed by atoms with Gasteiger partial charge < -0.3 is 15.3 Å². The zero-order chi connectivity index (χ0) is 31.5. The lowest BCUT2D eigenvalue weighted by molar-refractivity contribution is 0.103. The average molecular weight is 617 g/mol. The molecule has 230 valence electrons. The van der Waals surface area contributed by atoms with Crippen molar-refractivity contribution in [1.29, 1.82) is 0 Å². The predicted octanol–water partition coefficient (Wildman–Crippen LogP) is 5.43. The van der Waals surface area contributed by atoms with Crippen LogP contribution in [0.2, 0.25) is 0 Å². The number of piperazine rings is 1. The van der Waals surface area contributed by atoms with E-state index >= 15 is 4.39 Å². The minimum absolute atomic E-state index is 0.0824. The Hall–Kier alpha value is -4.19. The fourth-order valence-electron chi connectivity index (χ4n) is 5.13. The van der Waals surface area contributed by atoms with E-state index in [0.717, 1.165) is 47.5 Å². The van der Waals surface area contributed by atoms with Crippen molar-refractivity contribution in [2.75, 3.05) is 39.0 Å². The summed E-state index contributed by atoms with van der Waals surface area (Å²) in [6.07, 6.45) is 2.89. The Morgan fingerprint density at radius 3 is 2.68 bits per heavy atom. The fraction of sp³-hybridized carbons (Fsp3) is 0.333. The number of benzene rings is 2. The Morgan fingerprint density at radius 2 is 1.95 bits per heavy atom. The summed E-state index contributed by atoms with van der Waals surface area (Å²) in [5.41, 5.74) is 2.40. The lowest BCUT2D eigenvalue weighted by Crippen LogP contribution is -2.41. The van der Waals surface area contributed by atoms with Crippen LogP contribution in [0.4, 0.5) is 15.8 Å². The lowest BCUT2D eigenvalue weighted by Gasteiger charge is -2.34. The highest BCUT2D eigenvalue weighted by molar-refractivity contribution is 7.20. The normalized spacial score (nSPS) is 16.1. The standard InChI is InChI=1S/C33H37FN6O3S/c1-6-20(2)26(16-22-18-38(3)13-14-39(22)4)35-28-17-27(37-40(5)33(28)43)23-11-12-25(34)31(24(23)19-41)36-32(42)30-15-21-9-7-8-10-29(21)44-30/h7-12,15-17,20,41H,6,13-14,18-19H2,1-5H3,(H,36,42)/b22-16+,35-26?. The summed E-state index contributed by atoms with van der Waals surface area (Å²) in [6, 6.07) is 13.6. The summed E-state index contributed by atoms with van der Waals surface area (Å²) < 4.78 is 17.3. The summed E-state index contributed by atoms with van der Waals surface area (Å²) in [7, 11) is 5.66. The zero-order valence-electron chi connectivity index (χ0n) is 25.6. The van der Waals surface area contributed by atoms with Gasteiger partial charge in [0.05, 0.1) is 22.9 Å². The van der Waals surface area contributed by atoms with Crippen molar-refractivity contribution in [2.45, 2.75) is 26.9 Å². The molecule has 0 aliphatic carbocycles. The summed E-state index contributed by atoms with van der Waals surface area (Å²) in [6.45, 7) is 6.22. The number of likely N-dealkylation sites (N-methyl/N-ethyl adjacent to an activating group) is 2. The van der Waals surface area contributed by atoms with Gasteiger partial charge >= 0.3 is 0 Å². The lowest BCUT2D eigenvalue weighted by atomic mass is 10.00. The minimum atomic E-state index is -0.692. The second kappa shape index (κ2) is 13.2. The maximum Gasteiger partial charge on any atom is 0.292 e. The van der Waals surface area contributed by atoms with E-state index in [1.165, 1.54) is 35.2 Å². The molecule has 1 atom stereocenters. The van der Waals surface area contributed by atoms with Crippen LogP contribution in [0, 0.1) is 11.7 Å². The van der Waals surface area contributed by atoms with Crippen molar-refractivity contribution in [2.24, 2.45) is 18.0 Å². The van der Waals surface area contributed by atoms with E-state index in [1.54, 1.807) is 12.1 Å². The number of nitrogens with zero attached hydrogens (tertiary/aromatic N) is 5. The number of rotatable bonds is 8. The van der Waals surface area contributed by atoms with Gasteiger partial charge in [0, 0.05) is 61.0 Å². The number of hydrogen-bond acceptors (Lipinski definition) is 8. The maximum atomic E-state index is 15.2. The largest absolute Gasteiger partial charge is 0.392 e. The highest BCUT2D eigenvalue weighted by Gasteiger charge is 2.22. The van der Waals surface area contributed by atoms with Gasteiger partial charge in [-0.3, -0.25) is 14.5 Å². The first-order chi connectivity index (χ1) is 21.1. The molecule has 2 N–H and O–H groups in total. The molecule has 11 heteroatoms. The van der Waals surface area contributed by atoms with Crippen molar-refractivity contribution in [3.63, 3.8) is 0 Å². The first-order valence-corrected chi connectivity index (χ1v) is 15.4. The summed E-state index contributed by atoms with van der Waals surface area (Å²) in [5, 5.41) is 18.4. The molecule has 44 heavy (non-hydrogen) atoms. The van der Waals surface area contributed by atoms with Crippen LogP contribution >= 0.6 is 11.3 Å². The Bertz CT molecular complexity index is 1800. The van der Waals surface area contributed by atoms with E-state index in [4.69, 9.17) is 4.99 Å². The van der Waals surface area contributed by atoms with E-state index in [9.17, 15) is 14.7 Å². The molecule has 9 nitrogen and oxygen atoms in total. The molecule has 0 spiro atoms. The van der Waals surface area contributed by atoms with E-state index in [0.29, 0.717) is 16.1 Å². The Kier molecular flexibility index (Phi) is 9.38. The quantitative estimate of drug-likeness (QED) is 0.256. The van der Waals surface area contributed by atoms with Crippen molar-refractivity contribution < 1.29 is 14.3 Å². The number of carbonyl (C=O) groups is 1. The van der Waals surface area contributed by atoms with Crippen molar-refractivity contribution in [3.8, 4) is 11.3 Å². The number of aromatic nitrogens is 2. The van der Waals surface area contributed by atoms with Crippen molar-refractivity contribution >= 4 is 44.4 Å². The summed E-state index contributed by atoms with van der Waals surface area (Å²) >= 11 is 1.30. The van der Waals surface area contributed by atoms with Gasteiger partial charge in [-0.1, -0.05) is 32.0 Å². The molecule has 3 heterocycles.